The van der Waals surface area contributed by atoms with Crippen LogP contribution in [0.3, 0.4) is 0 Å². The van der Waals surface area contributed by atoms with E-state index in [2.05, 4.69) is 10.5 Å². The zero-order valence-corrected chi connectivity index (χ0v) is 11.5. The molecule has 0 fully saturated rings. The molecule has 0 heterocycles. The van der Waals surface area contributed by atoms with Gasteiger partial charge in [-0.15, -0.1) is 0 Å². The van der Waals surface area contributed by atoms with Crippen molar-refractivity contribution in [1.82, 2.24) is 5.43 Å². The number of hydrogen-bond donors (Lipinski definition) is 1. The molecule has 0 bridgehead atoms. The first kappa shape index (κ1) is 14.7. The summed E-state index contributed by atoms with van der Waals surface area (Å²) < 4.78 is 18.9. The standard InChI is InChI=1S/C16H15FN2O2/c1-12(20)19-18-10-13-6-8-15(9-7-13)21-11-14-4-2-3-5-16(14)17/h2-10H,11H2,1H3,(H,19,20). The fraction of sp³-hybridized carbons (Fsp3) is 0.125. The van der Waals surface area contributed by atoms with Crippen molar-refractivity contribution in [2.24, 2.45) is 5.10 Å². The predicted molar refractivity (Wildman–Crippen MR) is 78.6 cm³/mol. The minimum absolute atomic E-state index is 0.173. The molecule has 0 atom stereocenters. The molecule has 0 spiro atoms. The molecule has 0 unspecified atom stereocenters. The van der Waals surface area contributed by atoms with Gasteiger partial charge in [-0.1, -0.05) is 18.2 Å². The lowest BCUT2D eigenvalue weighted by molar-refractivity contribution is -0.118. The van der Waals surface area contributed by atoms with Crippen molar-refractivity contribution in [3.63, 3.8) is 0 Å². The third kappa shape index (κ3) is 4.72. The van der Waals surface area contributed by atoms with E-state index in [1.807, 2.05) is 0 Å². The van der Waals surface area contributed by atoms with Crippen LogP contribution in [0.15, 0.2) is 53.6 Å². The third-order valence-corrected chi connectivity index (χ3v) is 2.67. The van der Waals surface area contributed by atoms with E-state index in [-0.39, 0.29) is 18.3 Å². The fourth-order valence-corrected chi connectivity index (χ4v) is 1.62. The minimum Gasteiger partial charge on any atom is -0.489 e. The molecule has 1 N–H and O–H groups in total. The van der Waals surface area contributed by atoms with Crippen LogP contribution < -0.4 is 10.2 Å². The molecule has 0 aliphatic rings. The van der Waals surface area contributed by atoms with Crippen LogP contribution in [-0.2, 0) is 11.4 Å². The molecule has 2 aromatic rings. The Bertz CT molecular complexity index is 639. The van der Waals surface area contributed by atoms with Gasteiger partial charge in [0, 0.05) is 12.5 Å². The van der Waals surface area contributed by atoms with Crippen LogP contribution in [0, 0.1) is 5.82 Å². The number of benzene rings is 2. The van der Waals surface area contributed by atoms with Crippen molar-refractivity contribution in [2.45, 2.75) is 13.5 Å². The second-order valence-corrected chi connectivity index (χ2v) is 4.38. The highest BCUT2D eigenvalue weighted by Crippen LogP contribution is 2.14. The van der Waals surface area contributed by atoms with E-state index in [0.29, 0.717) is 11.3 Å². The molecule has 1 amide bonds. The van der Waals surface area contributed by atoms with Gasteiger partial charge in [0.2, 0.25) is 5.91 Å². The molecular formula is C16H15FN2O2. The van der Waals surface area contributed by atoms with E-state index >= 15 is 0 Å². The van der Waals surface area contributed by atoms with Crippen molar-refractivity contribution < 1.29 is 13.9 Å². The van der Waals surface area contributed by atoms with Crippen molar-refractivity contribution in [3.8, 4) is 5.75 Å². The summed E-state index contributed by atoms with van der Waals surface area (Å²) in [5.41, 5.74) is 3.65. The first-order valence-electron chi connectivity index (χ1n) is 6.41. The van der Waals surface area contributed by atoms with Gasteiger partial charge in [-0.05, 0) is 35.9 Å². The Hall–Kier alpha value is -2.69. The zero-order chi connectivity index (χ0) is 15.1. The Morgan fingerprint density at radius 3 is 2.62 bits per heavy atom. The number of rotatable bonds is 5. The highest BCUT2D eigenvalue weighted by Gasteiger charge is 2.01. The van der Waals surface area contributed by atoms with Gasteiger partial charge in [0.15, 0.2) is 0 Å². The first-order chi connectivity index (χ1) is 10.1. The number of hydrazone groups is 1. The summed E-state index contributed by atoms with van der Waals surface area (Å²) in [7, 11) is 0. The second-order valence-electron chi connectivity index (χ2n) is 4.38. The lowest BCUT2D eigenvalue weighted by Gasteiger charge is -2.07. The number of hydrogen-bond acceptors (Lipinski definition) is 3. The molecule has 0 saturated carbocycles. The van der Waals surface area contributed by atoms with Gasteiger partial charge in [0.1, 0.15) is 18.2 Å². The highest BCUT2D eigenvalue weighted by atomic mass is 19.1. The van der Waals surface area contributed by atoms with E-state index < -0.39 is 0 Å². The van der Waals surface area contributed by atoms with Crippen molar-refractivity contribution in [1.29, 1.82) is 0 Å². The number of ether oxygens (including phenoxy) is 1. The fourth-order valence-electron chi connectivity index (χ4n) is 1.62. The number of nitrogens with one attached hydrogen (secondary N) is 1. The average Bonchev–Trinajstić information content (AvgIpc) is 2.47. The van der Waals surface area contributed by atoms with Gasteiger partial charge in [-0.25, -0.2) is 9.82 Å². The number of carbonyl (C=O) groups excluding carboxylic acids is 1. The molecule has 0 aromatic heterocycles. The Morgan fingerprint density at radius 2 is 1.95 bits per heavy atom. The summed E-state index contributed by atoms with van der Waals surface area (Å²) in [6, 6.07) is 13.6. The van der Waals surface area contributed by atoms with Gasteiger partial charge >= 0.3 is 0 Å². The molecule has 21 heavy (non-hydrogen) atoms. The van der Waals surface area contributed by atoms with Gasteiger partial charge in [-0.3, -0.25) is 4.79 Å². The van der Waals surface area contributed by atoms with Crippen molar-refractivity contribution in [2.75, 3.05) is 0 Å². The average molecular weight is 286 g/mol. The van der Waals surface area contributed by atoms with Gasteiger partial charge in [0.05, 0.1) is 6.21 Å². The molecule has 0 aliphatic heterocycles. The molecule has 5 heteroatoms. The zero-order valence-electron chi connectivity index (χ0n) is 11.5. The van der Waals surface area contributed by atoms with Crippen molar-refractivity contribution >= 4 is 12.1 Å². The van der Waals surface area contributed by atoms with E-state index in [1.165, 1.54) is 19.2 Å². The van der Waals surface area contributed by atoms with Crippen LogP contribution in [0.5, 0.6) is 5.75 Å². The maximum absolute atomic E-state index is 13.4. The Morgan fingerprint density at radius 1 is 1.24 bits per heavy atom. The van der Waals surface area contributed by atoms with Crippen LogP contribution in [-0.4, -0.2) is 12.1 Å². The monoisotopic (exact) mass is 286 g/mol. The summed E-state index contributed by atoms with van der Waals surface area (Å²) in [5.74, 6) is 0.127. The Kier molecular flexibility index (Phi) is 5.04. The first-order valence-corrected chi connectivity index (χ1v) is 6.41. The van der Waals surface area contributed by atoms with Crippen LogP contribution in [0.25, 0.3) is 0 Å². The van der Waals surface area contributed by atoms with E-state index in [0.717, 1.165) is 5.56 Å². The maximum atomic E-state index is 13.4. The van der Waals surface area contributed by atoms with E-state index in [4.69, 9.17) is 4.74 Å². The molecule has 108 valence electrons. The quantitative estimate of drug-likeness (QED) is 0.678. The van der Waals surface area contributed by atoms with Gasteiger partial charge in [0.25, 0.3) is 0 Å². The summed E-state index contributed by atoms with van der Waals surface area (Å²) in [6.07, 6.45) is 1.53. The summed E-state index contributed by atoms with van der Waals surface area (Å²) >= 11 is 0. The molecular weight excluding hydrogens is 271 g/mol. The lowest BCUT2D eigenvalue weighted by atomic mass is 10.2. The molecule has 2 aromatic carbocycles. The molecule has 0 aliphatic carbocycles. The summed E-state index contributed by atoms with van der Waals surface area (Å²) in [4.78, 5) is 10.7. The van der Waals surface area contributed by atoms with Gasteiger partial charge < -0.3 is 4.74 Å². The Balaban J connectivity index is 1.92. The molecule has 4 nitrogen and oxygen atoms in total. The van der Waals surface area contributed by atoms with Crippen LogP contribution >= 0.6 is 0 Å². The second kappa shape index (κ2) is 7.19. The topological polar surface area (TPSA) is 50.7 Å². The number of nitrogens with zero attached hydrogens (tertiary/aromatic N) is 1. The summed E-state index contributed by atoms with van der Waals surface area (Å²) in [5, 5.41) is 3.76. The highest BCUT2D eigenvalue weighted by molar-refractivity contribution is 5.81. The third-order valence-electron chi connectivity index (χ3n) is 2.67. The van der Waals surface area contributed by atoms with Crippen LogP contribution in [0.1, 0.15) is 18.1 Å². The van der Waals surface area contributed by atoms with E-state index in [9.17, 15) is 9.18 Å². The normalized spacial score (nSPS) is 10.6. The molecule has 2 rings (SSSR count). The predicted octanol–water partition coefficient (Wildman–Crippen LogP) is 2.87. The molecule has 0 saturated heterocycles. The van der Waals surface area contributed by atoms with E-state index in [1.54, 1.807) is 42.5 Å². The smallest absolute Gasteiger partial charge is 0.236 e. The number of carbonyl (C=O) groups is 1. The van der Waals surface area contributed by atoms with Gasteiger partial charge in [-0.2, -0.15) is 5.10 Å². The van der Waals surface area contributed by atoms with Crippen LogP contribution in [0.4, 0.5) is 4.39 Å². The molecule has 0 radical (unpaired) electrons. The number of halogens is 1. The minimum atomic E-state index is -0.281. The van der Waals surface area contributed by atoms with Crippen LogP contribution in [0.2, 0.25) is 0 Å². The summed E-state index contributed by atoms with van der Waals surface area (Å²) in [6.45, 7) is 1.56. The lowest BCUT2D eigenvalue weighted by Crippen LogP contribution is -2.12. The maximum Gasteiger partial charge on any atom is 0.236 e. The largest absolute Gasteiger partial charge is 0.489 e. The number of amides is 1. The SMILES string of the molecule is CC(=O)NN=Cc1ccc(OCc2ccccc2F)cc1. The Labute approximate surface area is 122 Å². The van der Waals surface area contributed by atoms with Crippen molar-refractivity contribution in [3.05, 3.63) is 65.5 Å².